The summed E-state index contributed by atoms with van der Waals surface area (Å²) in [5, 5.41) is 13.4. The van der Waals surface area contributed by atoms with E-state index in [2.05, 4.69) is 27.7 Å². The van der Waals surface area contributed by atoms with E-state index in [1.165, 1.54) is 0 Å². The Labute approximate surface area is 209 Å². The first-order valence-corrected chi connectivity index (χ1v) is 13.1. The minimum Gasteiger partial charge on any atom is -0.268 e. The van der Waals surface area contributed by atoms with Gasteiger partial charge in [0.15, 0.2) is 5.16 Å². The van der Waals surface area contributed by atoms with E-state index in [1.54, 1.807) is 27.7 Å². The topological polar surface area (TPSA) is 65.1 Å². The minimum absolute atomic E-state index is 0.0959. The maximum atomic E-state index is 13.6. The van der Waals surface area contributed by atoms with Gasteiger partial charge in [0, 0.05) is 16.7 Å². The summed E-state index contributed by atoms with van der Waals surface area (Å²) in [7, 11) is 0. The van der Waals surface area contributed by atoms with E-state index in [0.29, 0.717) is 16.9 Å². The van der Waals surface area contributed by atoms with Crippen LogP contribution in [0.4, 0.5) is 0 Å². The van der Waals surface area contributed by atoms with Gasteiger partial charge in [-0.1, -0.05) is 72.4 Å². The molecule has 0 spiro atoms. The third-order valence-corrected chi connectivity index (χ3v) is 7.88. The summed E-state index contributed by atoms with van der Waals surface area (Å²) in [4.78, 5) is 18.4. The van der Waals surface area contributed by atoms with E-state index >= 15 is 0 Å². The first-order valence-electron chi connectivity index (χ1n) is 11.2. The van der Waals surface area contributed by atoms with Gasteiger partial charge in [-0.2, -0.15) is 0 Å². The van der Waals surface area contributed by atoms with Crippen molar-refractivity contribution in [1.29, 1.82) is 0 Å². The monoisotopic (exact) mass is 495 g/mol. The van der Waals surface area contributed by atoms with Gasteiger partial charge in [0.2, 0.25) is 5.78 Å². The van der Waals surface area contributed by atoms with Crippen LogP contribution in [0.15, 0.2) is 88.1 Å². The molecule has 6 nitrogen and oxygen atoms in total. The highest BCUT2D eigenvalue weighted by molar-refractivity contribution is 7.98. The SMILES string of the molecule is Cc1cccc(C)c1-n1c(=O)c2ccccc2n2c(SCc3csc(-c4ccccc4)n3)nnc12. The standard InChI is InChI=1S/C27H21N5OS2/c1-17-9-8-10-18(2)23(17)32-25(33)21-13-6-7-14-22(21)31-26(32)29-30-27(31)35-16-20-15-34-24(28-20)19-11-4-3-5-12-19/h3-15H,16H2,1-2H3. The highest BCUT2D eigenvalue weighted by atomic mass is 32.2. The van der Waals surface area contributed by atoms with Gasteiger partial charge < -0.3 is 0 Å². The van der Waals surface area contributed by atoms with Gasteiger partial charge in [-0.3, -0.25) is 9.20 Å². The number of hydrogen-bond acceptors (Lipinski definition) is 6. The van der Waals surface area contributed by atoms with Crippen molar-refractivity contribution in [1.82, 2.24) is 24.1 Å². The van der Waals surface area contributed by atoms with E-state index in [4.69, 9.17) is 4.98 Å². The largest absolute Gasteiger partial charge is 0.268 e. The fourth-order valence-corrected chi connectivity index (χ4v) is 6.12. The van der Waals surface area contributed by atoms with E-state index in [9.17, 15) is 4.79 Å². The summed E-state index contributed by atoms with van der Waals surface area (Å²) < 4.78 is 3.68. The molecular weight excluding hydrogens is 474 g/mol. The van der Waals surface area contributed by atoms with Crippen LogP contribution in [-0.4, -0.2) is 24.1 Å². The van der Waals surface area contributed by atoms with Gasteiger partial charge in [0.25, 0.3) is 5.56 Å². The smallest absolute Gasteiger partial charge is 0.267 e. The Morgan fingerprint density at radius 2 is 1.63 bits per heavy atom. The molecule has 3 aromatic carbocycles. The summed E-state index contributed by atoms with van der Waals surface area (Å²) >= 11 is 3.21. The highest BCUT2D eigenvalue weighted by Crippen LogP contribution is 2.29. The van der Waals surface area contributed by atoms with Crippen molar-refractivity contribution in [3.8, 4) is 16.3 Å². The first kappa shape index (κ1) is 21.8. The van der Waals surface area contributed by atoms with Crippen LogP contribution in [0, 0.1) is 13.8 Å². The van der Waals surface area contributed by atoms with Crippen molar-refractivity contribution in [3.05, 3.63) is 105 Å². The molecule has 0 saturated carbocycles. The van der Waals surface area contributed by atoms with Crippen molar-refractivity contribution < 1.29 is 0 Å². The predicted octanol–water partition coefficient (Wildman–Crippen LogP) is 6.07. The number of para-hydroxylation sites is 2. The summed E-state index contributed by atoms with van der Waals surface area (Å²) in [5.41, 5.74) is 5.68. The molecule has 0 unspecified atom stereocenters. The third-order valence-electron chi connectivity index (χ3n) is 5.98. The van der Waals surface area contributed by atoms with Crippen molar-refractivity contribution >= 4 is 39.8 Å². The molecule has 0 radical (unpaired) electrons. The number of hydrogen-bond donors (Lipinski definition) is 0. The Kier molecular flexibility index (Phi) is 5.47. The molecule has 6 rings (SSSR count). The van der Waals surface area contributed by atoms with Gasteiger partial charge in [0.1, 0.15) is 5.01 Å². The maximum absolute atomic E-state index is 13.6. The van der Waals surface area contributed by atoms with Gasteiger partial charge in [-0.05, 0) is 37.1 Å². The summed E-state index contributed by atoms with van der Waals surface area (Å²) in [6.45, 7) is 4.03. The Morgan fingerprint density at radius 1 is 0.886 bits per heavy atom. The summed E-state index contributed by atoms with van der Waals surface area (Å²) in [5.74, 6) is 1.16. The predicted molar refractivity (Wildman–Crippen MR) is 143 cm³/mol. The molecule has 0 bridgehead atoms. The van der Waals surface area contributed by atoms with E-state index < -0.39 is 0 Å². The number of nitrogens with zero attached hydrogens (tertiary/aromatic N) is 5. The fraction of sp³-hybridized carbons (Fsp3) is 0.111. The fourth-order valence-electron chi connectivity index (χ4n) is 4.36. The minimum atomic E-state index is -0.0959. The molecule has 0 atom stereocenters. The number of fused-ring (bicyclic) bond motifs is 3. The maximum Gasteiger partial charge on any atom is 0.267 e. The Hall–Kier alpha value is -3.75. The molecule has 8 heteroatoms. The zero-order valence-corrected chi connectivity index (χ0v) is 20.8. The lowest BCUT2D eigenvalue weighted by Crippen LogP contribution is -2.23. The lowest BCUT2D eigenvalue weighted by Gasteiger charge is -2.15. The molecule has 3 heterocycles. The molecule has 0 fully saturated rings. The van der Waals surface area contributed by atoms with Crippen molar-refractivity contribution in [3.63, 3.8) is 0 Å². The van der Waals surface area contributed by atoms with Gasteiger partial charge in [-0.25, -0.2) is 9.55 Å². The van der Waals surface area contributed by atoms with Crippen molar-refractivity contribution in [2.45, 2.75) is 24.8 Å². The second-order valence-electron chi connectivity index (χ2n) is 8.31. The molecule has 6 aromatic rings. The molecule has 0 aliphatic heterocycles. The zero-order valence-electron chi connectivity index (χ0n) is 19.2. The molecule has 3 aromatic heterocycles. The molecular formula is C27H21N5OS2. The molecule has 0 aliphatic carbocycles. The van der Waals surface area contributed by atoms with Gasteiger partial charge >= 0.3 is 0 Å². The van der Waals surface area contributed by atoms with Crippen molar-refractivity contribution in [2.75, 3.05) is 0 Å². The zero-order chi connectivity index (χ0) is 23.9. The molecule has 0 saturated heterocycles. The van der Waals surface area contributed by atoms with E-state index in [1.807, 2.05) is 78.9 Å². The van der Waals surface area contributed by atoms with Crippen LogP contribution in [0.3, 0.4) is 0 Å². The summed E-state index contributed by atoms with van der Waals surface area (Å²) in [6.07, 6.45) is 0. The Bertz CT molecular complexity index is 1730. The normalized spacial score (nSPS) is 11.5. The first-order chi connectivity index (χ1) is 17.1. The van der Waals surface area contributed by atoms with Crippen LogP contribution < -0.4 is 5.56 Å². The Balaban J connectivity index is 1.46. The second-order valence-corrected chi connectivity index (χ2v) is 10.1. The average Bonchev–Trinajstić information content (AvgIpc) is 3.52. The average molecular weight is 496 g/mol. The number of thiazole rings is 1. The van der Waals surface area contributed by atoms with Crippen LogP contribution in [0.2, 0.25) is 0 Å². The summed E-state index contributed by atoms with van der Waals surface area (Å²) in [6, 6.07) is 23.9. The van der Waals surface area contributed by atoms with Gasteiger partial charge in [-0.15, -0.1) is 21.5 Å². The van der Waals surface area contributed by atoms with Crippen LogP contribution in [-0.2, 0) is 5.75 Å². The number of benzene rings is 3. The number of thioether (sulfide) groups is 1. The second kappa shape index (κ2) is 8.79. The van der Waals surface area contributed by atoms with Gasteiger partial charge in [0.05, 0.1) is 22.3 Å². The van der Waals surface area contributed by atoms with Crippen LogP contribution in [0.5, 0.6) is 0 Å². The quantitative estimate of drug-likeness (QED) is 0.272. The molecule has 0 N–H and O–H groups in total. The molecule has 35 heavy (non-hydrogen) atoms. The lowest BCUT2D eigenvalue weighted by atomic mass is 10.1. The number of aryl methyl sites for hydroxylation is 2. The number of aromatic nitrogens is 5. The highest BCUT2D eigenvalue weighted by Gasteiger charge is 2.20. The van der Waals surface area contributed by atoms with Crippen molar-refractivity contribution in [2.24, 2.45) is 0 Å². The number of rotatable bonds is 5. The van der Waals surface area contributed by atoms with Crippen LogP contribution in [0.25, 0.3) is 32.9 Å². The van der Waals surface area contributed by atoms with E-state index in [0.717, 1.165) is 43.8 Å². The Morgan fingerprint density at radius 3 is 2.43 bits per heavy atom. The lowest BCUT2D eigenvalue weighted by molar-refractivity contribution is 0.924. The van der Waals surface area contributed by atoms with Crippen LogP contribution in [0.1, 0.15) is 16.8 Å². The molecule has 172 valence electrons. The van der Waals surface area contributed by atoms with E-state index in [-0.39, 0.29) is 5.56 Å². The van der Waals surface area contributed by atoms with Crippen LogP contribution >= 0.6 is 23.1 Å². The third kappa shape index (κ3) is 3.75. The molecule has 0 amide bonds. The molecule has 0 aliphatic rings.